The highest BCUT2D eigenvalue weighted by Gasteiger charge is 2.42. The summed E-state index contributed by atoms with van der Waals surface area (Å²) in [6.07, 6.45) is 12.7. The van der Waals surface area contributed by atoms with E-state index in [9.17, 15) is 9.59 Å². The van der Waals surface area contributed by atoms with Crippen molar-refractivity contribution in [3.63, 3.8) is 0 Å². The minimum atomic E-state index is -0.343. The lowest BCUT2D eigenvalue weighted by Gasteiger charge is -2.18. The van der Waals surface area contributed by atoms with Crippen LogP contribution in [0.5, 0.6) is 11.5 Å². The van der Waals surface area contributed by atoms with E-state index in [0.717, 1.165) is 80.3 Å². The number of rotatable bonds is 4. The fourth-order valence-electron chi connectivity index (χ4n) is 6.72. The number of aryl methyl sites for hydroxylation is 2. The number of imide groups is 1. The lowest BCUT2D eigenvalue weighted by atomic mass is 9.96. The van der Waals surface area contributed by atoms with Crippen LogP contribution in [0, 0.1) is 0 Å². The van der Waals surface area contributed by atoms with Crippen LogP contribution in [0.4, 0.5) is 0 Å². The Balaban J connectivity index is 1.42. The Morgan fingerprint density at radius 1 is 0.739 bits per heavy atom. The number of carbonyl (C=O) groups is 2. The van der Waals surface area contributed by atoms with Crippen LogP contribution < -0.4 is 14.8 Å². The molecule has 4 bridgehead atoms. The minimum Gasteiger partial charge on any atom is -0.497 e. The number of benzene rings is 1. The fourth-order valence-corrected chi connectivity index (χ4v) is 6.72. The van der Waals surface area contributed by atoms with Gasteiger partial charge in [-0.2, -0.15) is 0 Å². The number of fused-ring (bicyclic) bond motifs is 12. The van der Waals surface area contributed by atoms with E-state index in [2.05, 4.69) is 14.5 Å². The Labute approximate surface area is 267 Å². The summed E-state index contributed by atoms with van der Waals surface area (Å²) in [5, 5.41) is 5.28. The summed E-state index contributed by atoms with van der Waals surface area (Å²) in [7, 11) is 3.16. The lowest BCUT2D eigenvalue weighted by molar-refractivity contribution is -0.136. The standard InChI is InChI=1S/C36H38N6O4/c1-45-25-13-12-24(30(20-25)46-2)21-42-35(43)31-28-22-40(33-26(28)10-8-16-38-33)18-6-3-4-14-37-15-5-7-19-41-23-29(32(31)36(42)44)27-11-9-17-39-34(27)41/h8-13,16-17,20,22-23,37H,3-7,14-15,18-19,21H2,1-2H3. The molecule has 1 aromatic carbocycles. The Bertz CT molecular complexity index is 1860. The monoisotopic (exact) mass is 618 g/mol. The number of aromatic nitrogens is 4. The molecule has 7 rings (SSSR count). The van der Waals surface area contributed by atoms with E-state index >= 15 is 0 Å². The number of nitrogens with zero attached hydrogens (tertiary/aromatic N) is 5. The van der Waals surface area contributed by atoms with Gasteiger partial charge in [0.2, 0.25) is 0 Å². The second-order valence-corrected chi connectivity index (χ2v) is 11.9. The Hall–Kier alpha value is -4.96. The summed E-state index contributed by atoms with van der Waals surface area (Å²) in [6.45, 7) is 3.54. The van der Waals surface area contributed by atoms with Gasteiger partial charge in [0.05, 0.1) is 31.9 Å². The van der Waals surface area contributed by atoms with E-state index in [1.165, 1.54) is 4.90 Å². The van der Waals surface area contributed by atoms with Crippen molar-refractivity contribution in [3.05, 3.63) is 83.9 Å². The molecule has 0 fully saturated rings. The van der Waals surface area contributed by atoms with Crippen molar-refractivity contribution in [1.82, 2.24) is 29.3 Å². The number of nitrogens with one attached hydrogen (secondary N) is 1. The molecule has 0 saturated heterocycles. The maximum absolute atomic E-state index is 14.6. The number of amides is 2. The van der Waals surface area contributed by atoms with Crippen LogP contribution in [0.2, 0.25) is 0 Å². The summed E-state index contributed by atoms with van der Waals surface area (Å²) < 4.78 is 15.3. The molecule has 0 radical (unpaired) electrons. The van der Waals surface area contributed by atoms with Gasteiger partial charge in [-0.05, 0) is 75.2 Å². The van der Waals surface area contributed by atoms with Gasteiger partial charge in [0, 0.05) is 71.4 Å². The molecular weight excluding hydrogens is 580 g/mol. The van der Waals surface area contributed by atoms with Crippen LogP contribution in [-0.4, -0.2) is 63.1 Å². The molecule has 0 spiro atoms. The molecule has 0 aliphatic carbocycles. The molecule has 1 N–H and O–H groups in total. The summed E-state index contributed by atoms with van der Waals surface area (Å²) >= 11 is 0. The molecule has 5 aromatic rings. The van der Waals surface area contributed by atoms with Gasteiger partial charge in [-0.3, -0.25) is 14.5 Å². The van der Waals surface area contributed by atoms with Crippen molar-refractivity contribution >= 4 is 45.0 Å². The number of carbonyl (C=O) groups excluding carboxylic acids is 2. The average molecular weight is 619 g/mol. The van der Waals surface area contributed by atoms with Crippen LogP contribution in [0.15, 0.2) is 67.3 Å². The molecule has 10 heteroatoms. The first-order chi connectivity index (χ1) is 22.6. The van der Waals surface area contributed by atoms with E-state index in [-0.39, 0.29) is 18.4 Å². The summed E-state index contributed by atoms with van der Waals surface area (Å²) in [6, 6.07) is 13.2. The third-order valence-electron chi connectivity index (χ3n) is 9.05. The van der Waals surface area contributed by atoms with E-state index in [1.807, 2.05) is 48.8 Å². The molecule has 2 aliphatic heterocycles. The van der Waals surface area contributed by atoms with Crippen LogP contribution in [-0.2, 0) is 29.2 Å². The second kappa shape index (κ2) is 12.8. The number of ether oxygens (including phenoxy) is 2. The molecule has 4 aromatic heterocycles. The zero-order valence-corrected chi connectivity index (χ0v) is 26.3. The molecule has 10 nitrogen and oxygen atoms in total. The van der Waals surface area contributed by atoms with Crippen LogP contribution in [0.3, 0.4) is 0 Å². The minimum absolute atomic E-state index is 0.0542. The van der Waals surface area contributed by atoms with Crippen molar-refractivity contribution in [2.75, 3.05) is 27.3 Å². The van der Waals surface area contributed by atoms with Crippen molar-refractivity contribution in [1.29, 1.82) is 0 Å². The molecule has 0 atom stereocenters. The predicted octanol–water partition coefficient (Wildman–Crippen LogP) is 5.44. The molecular formula is C36H38N6O4. The summed E-state index contributed by atoms with van der Waals surface area (Å²) in [4.78, 5) is 40.0. The SMILES string of the molecule is COc1ccc(CN2C(=O)C3=C(C2=O)c2cn(c4ncccc24)CCCCNCCCCCn2cc3c3cccnc32)c(OC)c1. The van der Waals surface area contributed by atoms with Gasteiger partial charge in [0.1, 0.15) is 22.8 Å². The number of hydrogen-bond donors (Lipinski definition) is 1. The van der Waals surface area contributed by atoms with E-state index in [4.69, 9.17) is 19.4 Å². The second-order valence-electron chi connectivity index (χ2n) is 11.9. The molecule has 2 amide bonds. The third kappa shape index (κ3) is 5.32. The largest absolute Gasteiger partial charge is 0.497 e. The number of pyridine rings is 2. The molecule has 0 saturated carbocycles. The number of methoxy groups -OCH3 is 2. The zero-order valence-electron chi connectivity index (χ0n) is 26.3. The topological polar surface area (TPSA) is 104 Å². The van der Waals surface area contributed by atoms with E-state index in [0.29, 0.717) is 39.3 Å². The zero-order chi connectivity index (χ0) is 31.6. The fraction of sp³-hybridized carbons (Fsp3) is 0.333. The van der Waals surface area contributed by atoms with Crippen molar-refractivity contribution in [3.8, 4) is 11.5 Å². The van der Waals surface area contributed by atoms with Crippen LogP contribution in [0.25, 0.3) is 33.2 Å². The van der Waals surface area contributed by atoms with Gasteiger partial charge >= 0.3 is 0 Å². The molecule has 46 heavy (non-hydrogen) atoms. The van der Waals surface area contributed by atoms with Gasteiger partial charge in [-0.1, -0.05) is 6.42 Å². The van der Waals surface area contributed by atoms with E-state index in [1.54, 1.807) is 32.7 Å². The highest BCUT2D eigenvalue weighted by molar-refractivity contribution is 6.50. The average Bonchev–Trinajstić information content (AvgIpc) is 3.71. The maximum atomic E-state index is 14.6. The first-order valence-electron chi connectivity index (χ1n) is 16.0. The summed E-state index contributed by atoms with van der Waals surface area (Å²) in [5.74, 6) is 0.490. The Morgan fingerprint density at radius 2 is 1.33 bits per heavy atom. The van der Waals surface area contributed by atoms with Gasteiger partial charge in [-0.25, -0.2) is 9.97 Å². The first-order valence-corrected chi connectivity index (χ1v) is 16.0. The Kier molecular flexibility index (Phi) is 8.28. The predicted molar refractivity (Wildman–Crippen MR) is 177 cm³/mol. The highest BCUT2D eigenvalue weighted by Crippen LogP contribution is 2.42. The third-order valence-corrected chi connectivity index (χ3v) is 9.05. The highest BCUT2D eigenvalue weighted by atomic mass is 16.5. The molecule has 236 valence electrons. The normalized spacial score (nSPS) is 16.5. The molecule has 0 unspecified atom stereocenters. The quantitative estimate of drug-likeness (QED) is 0.268. The first kappa shape index (κ1) is 29.7. The van der Waals surface area contributed by atoms with Crippen molar-refractivity contribution < 1.29 is 19.1 Å². The molecule has 6 heterocycles. The van der Waals surface area contributed by atoms with Gasteiger partial charge in [-0.15, -0.1) is 0 Å². The van der Waals surface area contributed by atoms with E-state index < -0.39 is 0 Å². The Morgan fingerprint density at radius 3 is 1.91 bits per heavy atom. The van der Waals surface area contributed by atoms with Gasteiger partial charge in [0.15, 0.2) is 0 Å². The molecule has 2 aliphatic rings. The van der Waals surface area contributed by atoms with Crippen LogP contribution >= 0.6 is 0 Å². The van der Waals surface area contributed by atoms with Crippen LogP contribution in [0.1, 0.15) is 48.8 Å². The van der Waals surface area contributed by atoms with Gasteiger partial charge < -0.3 is 23.9 Å². The number of hydrogen-bond acceptors (Lipinski definition) is 7. The van der Waals surface area contributed by atoms with Gasteiger partial charge in [0.25, 0.3) is 11.8 Å². The van der Waals surface area contributed by atoms with Crippen molar-refractivity contribution in [2.45, 2.75) is 51.7 Å². The lowest BCUT2D eigenvalue weighted by Crippen LogP contribution is -2.31. The maximum Gasteiger partial charge on any atom is 0.262 e. The smallest absolute Gasteiger partial charge is 0.262 e. The summed E-state index contributed by atoms with van der Waals surface area (Å²) in [5.41, 5.74) is 4.52. The van der Waals surface area contributed by atoms with Crippen molar-refractivity contribution in [2.24, 2.45) is 0 Å².